The van der Waals surface area contributed by atoms with E-state index in [9.17, 15) is 4.39 Å². The van der Waals surface area contributed by atoms with Gasteiger partial charge in [-0.15, -0.1) is 5.10 Å². The van der Waals surface area contributed by atoms with Crippen molar-refractivity contribution in [3.8, 4) is 11.6 Å². The van der Waals surface area contributed by atoms with Crippen molar-refractivity contribution < 1.29 is 4.39 Å². The molecule has 0 saturated heterocycles. The molecule has 10 heteroatoms. The second-order valence-corrected chi connectivity index (χ2v) is 5.05. The summed E-state index contributed by atoms with van der Waals surface area (Å²) < 4.78 is 17.1. The van der Waals surface area contributed by atoms with Gasteiger partial charge in [0.05, 0.1) is 6.54 Å². The number of nitrogens with zero attached hydrogens (tertiary/aromatic N) is 7. The number of imidazole rings is 1. The van der Waals surface area contributed by atoms with Gasteiger partial charge in [0.1, 0.15) is 5.82 Å². The van der Waals surface area contributed by atoms with Crippen LogP contribution in [0.3, 0.4) is 0 Å². The number of aromatic nitrogens is 7. The molecule has 24 heavy (non-hydrogen) atoms. The SMILES string of the molecule is Nc1nc(N)nc(-c2nn(Cc3ccccc3F)c3nccn23)n1. The average molecular weight is 325 g/mol. The van der Waals surface area contributed by atoms with Gasteiger partial charge in [-0.3, -0.25) is 4.40 Å². The van der Waals surface area contributed by atoms with Crippen LogP contribution in [0.15, 0.2) is 36.7 Å². The number of fused-ring (bicyclic) bond motifs is 1. The average Bonchev–Trinajstić information content (AvgIpc) is 3.12. The van der Waals surface area contributed by atoms with E-state index in [4.69, 9.17) is 11.5 Å². The van der Waals surface area contributed by atoms with Gasteiger partial charge in [-0.25, -0.2) is 14.1 Å². The lowest BCUT2D eigenvalue weighted by atomic mass is 10.2. The second-order valence-electron chi connectivity index (χ2n) is 5.05. The van der Waals surface area contributed by atoms with Crippen LogP contribution in [0.2, 0.25) is 0 Å². The van der Waals surface area contributed by atoms with Gasteiger partial charge >= 0.3 is 0 Å². The van der Waals surface area contributed by atoms with Gasteiger partial charge < -0.3 is 11.5 Å². The molecule has 0 unspecified atom stereocenters. The van der Waals surface area contributed by atoms with Crippen LogP contribution in [-0.2, 0) is 6.54 Å². The summed E-state index contributed by atoms with van der Waals surface area (Å²) in [5.41, 5.74) is 11.7. The zero-order valence-electron chi connectivity index (χ0n) is 12.3. The predicted molar refractivity (Wildman–Crippen MR) is 84.1 cm³/mol. The summed E-state index contributed by atoms with van der Waals surface area (Å²) in [5.74, 6) is 0.803. The van der Waals surface area contributed by atoms with Crippen LogP contribution in [0.1, 0.15) is 5.56 Å². The molecule has 3 heterocycles. The van der Waals surface area contributed by atoms with Crippen LogP contribution in [0.4, 0.5) is 16.3 Å². The minimum absolute atomic E-state index is 0.00517. The molecule has 0 aliphatic rings. The number of hydrogen-bond donors (Lipinski definition) is 2. The van der Waals surface area contributed by atoms with Crippen molar-refractivity contribution >= 4 is 17.7 Å². The Bertz CT molecular complexity index is 1020. The number of anilines is 2. The highest BCUT2D eigenvalue weighted by atomic mass is 19.1. The van der Waals surface area contributed by atoms with Crippen LogP contribution >= 0.6 is 0 Å². The summed E-state index contributed by atoms with van der Waals surface area (Å²) in [6, 6.07) is 6.48. The lowest BCUT2D eigenvalue weighted by Crippen LogP contribution is -2.06. The molecule has 4 aromatic rings. The van der Waals surface area contributed by atoms with Crippen molar-refractivity contribution in [2.24, 2.45) is 0 Å². The molecule has 0 aliphatic heterocycles. The molecule has 0 atom stereocenters. The van der Waals surface area contributed by atoms with Crippen LogP contribution in [-0.4, -0.2) is 34.1 Å². The highest BCUT2D eigenvalue weighted by molar-refractivity contribution is 5.52. The van der Waals surface area contributed by atoms with Crippen molar-refractivity contribution in [2.45, 2.75) is 6.54 Å². The normalized spacial score (nSPS) is 11.2. The molecule has 120 valence electrons. The Hall–Kier alpha value is -3.56. The Morgan fingerprint density at radius 3 is 2.54 bits per heavy atom. The summed E-state index contributed by atoms with van der Waals surface area (Å²) in [6.45, 7) is 0.212. The number of benzene rings is 1. The van der Waals surface area contributed by atoms with Gasteiger partial charge in [-0.1, -0.05) is 18.2 Å². The van der Waals surface area contributed by atoms with E-state index in [-0.39, 0.29) is 30.1 Å². The summed E-state index contributed by atoms with van der Waals surface area (Å²) in [4.78, 5) is 16.1. The number of nitrogen functional groups attached to an aromatic ring is 2. The standard InChI is InChI=1S/C14H12FN9/c15-9-4-2-1-3-8(9)7-24-14-18-5-6-23(14)11(22-24)10-19-12(16)21-13(17)20-10/h1-6H,7H2,(H4,16,17,19,20,21). The summed E-state index contributed by atoms with van der Waals surface area (Å²) in [7, 11) is 0. The predicted octanol–water partition coefficient (Wildman–Crippen LogP) is 0.735. The zero-order valence-corrected chi connectivity index (χ0v) is 12.3. The lowest BCUT2D eigenvalue weighted by Gasteiger charge is -2.02. The third-order valence-corrected chi connectivity index (χ3v) is 3.44. The summed E-state index contributed by atoms with van der Waals surface area (Å²) in [6.07, 6.45) is 3.30. The molecule has 0 saturated carbocycles. The zero-order chi connectivity index (χ0) is 16.7. The molecule has 0 fully saturated rings. The van der Waals surface area contributed by atoms with Gasteiger partial charge in [0.2, 0.25) is 29.3 Å². The van der Waals surface area contributed by atoms with E-state index in [2.05, 4.69) is 25.0 Å². The van der Waals surface area contributed by atoms with Crippen molar-refractivity contribution in [1.29, 1.82) is 0 Å². The maximum atomic E-state index is 13.9. The van der Waals surface area contributed by atoms with E-state index >= 15 is 0 Å². The molecule has 0 bridgehead atoms. The van der Waals surface area contributed by atoms with Crippen molar-refractivity contribution in [1.82, 2.24) is 34.1 Å². The van der Waals surface area contributed by atoms with Crippen LogP contribution < -0.4 is 11.5 Å². The van der Waals surface area contributed by atoms with Gasteiger partial charge in [-0.05, 0) is 6.07 Å². The molecule has 0 spiro atoms. The van der Waals surface area contributed by atoms with Crippen LogP contribution in [0, 0.1) is 5.82 Å². The van der Waals surface area contributed by atoms with Gasteiger partial charge in [0.25, 0.3) is 0 Å². The Kier molecular flexibility index (Phi) is 3.08. The topological polar surface area (TPSA) is 126 Å². The van der Waals surface area contributed by atoms with E-state index in [1.165, 1.54) is 6.07 Å². The maximum Gasteiger partial charge on any atom is 0.232 e. The largest absolute Gasteiger partial charge is 0.368 e. The molecule has 9 nitrogen and oxygen atoms in total. The second kappa shape index (κ2) is 5.26. The van der Waals surface area contributed by atoms with E-state index < -0.39 is 0 Å². The Morgan fingerprint density at radius 2 is 1.79 bits per heavy atom. The first-order valence-electron chi connectivity index (χ1n) is 7.02. The van der Waals surface area contributed by atoms with Crippen LogP contribution in [0.25, 0.3) is 17.4 Å². The van der Waals surface area contributed by atoms with E-state index in [0.717, 1.165) is 0 Å². The molecular formula is C14H12FN9. The molecule has 1 aromatic carbocycles. The van der Waals surface area contributed by atoms with Gasteiger partial charge in [0, 0.05) is 18.0 Å². The lowest BCUT2D eigenvalue weighted by molar-refractivity contribution is 0.589. The number of nitrogens with two attached hydrogens (primary N) is 2. The Labute approximate surface area is 134 Å². The Morgan fingerprint density at radius 1 is 1.04 bits per heavy atom. The first-order chi connectivity index (χ1) is 11.6. The quantitative estimate of drug-likeness (QED) is 0.568. The molecule has 4 rings (SSSR count). The fourth-order valence-corrected chi connectivity index (χ4v) is 2.41. The minimum Gasteiger partial charge on any atom is -0.368 e. The Balaban J connectivity index is 1.84. The van der Waals surface area contributed by atoms with Gasteiger partial charge in [-0.2, -0.15) is 15.0 Å². The first-order valence-corrected chi connectivity index (χ1v) is 7.02. The fourth-order valence-electron chi connectivity index (χ4n) is 2.41. The third kappa shape index (κ3) is 2.29. The minimum atomic E-state index is -0.312. The highest BCUT2D eigenvalue weighted by Crippen LogP contribution is 2.18. The number of halogens is 1. The molecular weight excluding hydrogens is 313 g/mol. The molecule has 0 amide bonds. The number of hydrogen-bond acceptors (Lipinski definition) is 7. The number of rotatable bonds is 3. The maximum absolute atomic E-state index is 13.9. The van der Waals surface area contributed by atoms with Crippen molar-refractivity contribution in [3.05, 3.63) is 48.0 Å². The highest BCUT2D eigenvalue weighted by Gasteiger charge is 2.17. The summed E-state index contributed by atoms with van der Waals surface area (Å²) >= 11 is 0. The van der Waals surface area contributed by atoms with Crippen molar-refractivity contribution in [2.75, 3.05) is 11.5 Å². The summed E-state index contributed by atoms with van der Waals surface area (Å²) in [5, 5.41) is 4.42. The smallest absolute Gasteiger partial charge is 0.232 e. The monoisotopic (exact) mass is 325 g/mol. The molecule has 4 N–H and O–H groups in total. The molecule has 0 aliphatic carbocycles. The fraction of sp³-hybridized carbons (Fsp3) is 0.0714. The molecule has 3 aromatic heterocycles. The third-order valence-electron chi connectivity index (χ3n) is 3.44. The van der Waals surface area contributed by atoms with E-state index in [0.29, 0.717) is 17.2 Å². The van der Waals surface area contributed by atoms with Crippen molar-refractivity contribution in [3.63, 3.8) is 0 Å². The molecule has 0 radical (unpaired) electrons. The van der Waals surface area contributed by atoms with Gasteiger partial charge in [0.15, 0.2) is 0 Å². The van der Waals surface area contributed by atoms with Crippen LogP contribution in [0.5, 0.6) is 0 Å². The van der Waals surface area contributed by atoms with E-state index in [1.54, 1.807) is 39.7 Å². The first kappa shape index (κ1) is 14.1. The van der Waals surface area contributed by atoms with E-state index in [1.807, 2.05) is 0 Å².